The van der Waals surface area contributed by atoms with Crippen molar-refractivity contribution >= 4 is 11.8 Å². The van der Waals surface area contributed by atoms with Crippen molar-refractivity contribution in [1.82, 2.24) is 9.80 Å². The summed E-state index contributed by atoms with van der Waals surface area (Å²) in [4.78, 5) is 28.6. The van der Waals surface area contributed by atoms with Gasteiger partial charge in [0.25, 0.3) is 0 Å². The van der Waals surface area contributed by atoms with Crippen molar-refractivity contribution < 1.29 is 9.59 Å². The topological polar surface area (TPSA) is 40.6 Å². The van der Waals surface area contributed by atoms with Crippen molar-refractivity contribution in [2.75, 3.05) is 26.2 Å². The zero-order valence-electron chi connectivity index (χ0n) is 12.4. The minimum atomic E-state index is 0.0413. The van der Waals surface area contributed by atoms with E-state index in [0.717, 1.165) is 25.8 Å². The normalized spacial score (nSPS) is 26.9. The predicted molar refractivity (Wildman–Crippen MR) is 77.1 cm³/mol. The first kappa shape index (κ1) is 14.1. The van der Waals surface area contributed by atoms with E-state index in [2.05, 4.69) is 4.90 Å². The van der Waals surface area contributed by atoms with Crippen LogP contribution in [0.5, 0.6) is 0 Å². The third kappa shape index (κ3) is 2.90. The molecular formula is C16H26N2O2. The minimum absolute atomic E-state index is 0.0413. The number of carbonyl (C=O) groups is 2. The third-order valence-corrected chi connectivity index (χ3v) is 5.37. The molecule has 3 rings (SSSR count). The second kappa shape index (κ2) is 5.84. The maximum absolute atomic E-state index is 12.3. The van der Waals surface area contributed by atoms with E-state index in [-0.39, 0.29) is 17.2 Å². The van der Waals surface area contributed by atoms with Gasteiger partial charge in [-0.3, -0.25) is 14.5 Å². The van der Waals surface area contributed by atoms with Gasteiger partial charge in [-0.05, 0) is 57.2 Å². The van der Waals surface area contributed by atoms with Gasteiger partial charge in [0.1, 0.15) is 0 Å². The number of rotatable bonds is 4. The van der Waals surface area contributed by atoms with E-state index < -0.39 is 0 Å². The molecule has 1 saturated carbocycles. The number of amides is 2. The molecule has 2 aliphatic heterocycles. The van der Waals surface area contributed by atoms with Crippen LogP contribution in [-0.4, -0.2) is 47.8 Å². The summed E-state index contributed by atoms with van der Waals surface area (Å²) in [7, 11) is 0. The third-order valence-electron chi connectivity index (χ3n) is 5.37. The Kier molecular flexibility index (Phi) is 4.11. The van der Waals surface area contributed by atoms with Crippen molar-refractivity contribution in [2.45, 2.75) is 57.8 Å². The molecule has 0 radical (unpaired) electrons. The Morgan fingerprint density at radius 2 is 1.45 bits per heavy atom. The molecule has 4 heteroatoms. The van der Waals surface area contributed by atoms with Crippen LogP contribution in [0.4, 0.5) is 0 Å². The van der Waals surface area contributed by atoms with Crippen LogP contribution < -0.4 is 0 Å². The lowest BCUT2D eigenvalue weighted by atomic mass is 9.76. The number of nitrogens with zero attached hydrogens (tertiary/aromatic N) is 2. The quantitative estimate of drug-likeness (QED) is 0.740. The molecule has 3 aliphatic rings. The molecule has 0 bridgehead atoms. The molecule has 20 heavy (non-hydrogen) atoms. The van der Waals surface area contributed by atoms with Crippen LogP contribution >= 0.6 is 0 Å². The fraction of sp³-hybridized carbons (Fsp3) is 0.875. The standard InChI is InChI=1S/C16H26N2O2/c19-14-12-16(6-1-2-7-16)13-15(20)18(14)11-5-10-17-8-3-4-9-17/h1-13H2. The van der Waals surface area contributed by atoms with E-state index in [1.807, 2.05) is 0 Å². The SMILES string of the molecule is O=C1CC2(CCCC2)CC(=O)N1CCCN1CCCC1. The van der Waals surface area contributed by atoms with Gasteiger partial charge < -0.3 is 4.90 Å². The molecule has 4 nitrogen and oxygen atoms in total. The second-order valence-electron chi connectivity index (χ2n) is 6.90. The van der Waals surface area contributed by atoms with Crippen molar-refractivity contribution in [1.29, 1.82) is 0 Å². The minimum Gasteiger partial charge on any atom is -0.303 e. The van der Waals surface area contributed by atoms with Crippen LogP contribution in [-0.2, 0) is 9.59 Å². The first-order valence-corrected chi connectivity index (χ1v) is 8.24. The first-order valence-electron chi connectivity index (χ1n) is 8.24. The van der Waals surface area contributed by atoms with Gasteiger partial charge in [0.2, 0.25) is 11.8 Å². The molecule has 0 aromatic heterocycles. The highest BCUT2D eigenvalue weighted by molar-refractivity contribution is 5.98. The molecule has 0 atom stereocenters. The van der Waals surface area contributed by atoms with E-state index in [9.17, 15) is 9.59 Å². The Bertz CT molecular complexity index is 362. The summed E-state index contributed by atoms with van der Waals surface area (Å²) in [5.74, 6) is 0.175. The van der Waals surface area contributed by atoms with Crippen molar-refractivity contribution in [3.8, 4) is 0 Å². The van der Waals surface area contributed by atoms with Crippen molar-refractivity contribution in [2.24, 2.45) is 5.41 Å². The lowest BCUT2D eigenvalue weighted by Crippen LogP contribution is -2.47. The van der Waals surface area contributed by atoms with Crippen molar-refractivity contribution in [3.05, 3.63) is 0 Å². The summed E-state index contributed by atoms with van der Waals surface area (Å²) in [6.07, 6.45) is 9.28. The highest BCUT2D eigenvalue weighted by Gasteiger charge is 2.44. The molecule has 2 amide bonds. The van der Waals surface area contributed by atoms with Gasteiger partial charge >= 0.3 is 0 Å². The number of hydrogen-bond donors (Lipinski definition) is 0. The van der Waals surface area contributed by atoms with Gasteiger partial charge in [0.05, 0.1) is 0 Å². The first-order chi connectivity index (χ1) is 9.69. The van der Waals surface area contributed by atoms with Crippen LogP contribution in [0.3, 0.4) is 0 Å². The van der Waals surface area contributed by atoms with Crippen LogP contribution in [0, 0.1) is 5.41 Å². The molecule has 0 aromatic rings. The molecule has 0 N–H and O–H groups in total. The summed E-state index contributed by atoms with van der Waals surface area (Å²) < 4.78 is 0. The molecule has 112 valence electrons. The van der Waals surface area contributed by atoms with Gasteiger partial charge in [0.15, 0.2) is 0 Å². The molecule has 0 unspecified atom stereocenters. The van der Waals surface area contributed by atoms with Gasteiger partial charge in [-0.15, -0.1) is 0 Å². The largest absolute Gasteiger partial charge is 0.303 e. The number of imide groups is 1. The van der Waals surface area contributed by atoms with Gasteiger partial charge in [-0.1, -0.05) is 12.8 Å². The Morgan fingerprint density at radius 1 is 0.850 bits per heavy atom. The molecular weight excluding hydrogens is 252 g/mol. The molecule has 2 heterocycles. The van der Waals surface area contributed by atoms with Crippen LogP contribution in [0.2, 0.25) is 0 Å². The molecule has 3 fully saturated rings. The molecule has 2 saturated heterocycles. The predicted octanol–water partition coefficient (Wildman–Crippen LogP) is 2.18. The van der Waals surface area contributed by atoms with E-state index in [4.69, 9.17) is 0 Å². The Labute approximate surface area is 121 Å². The fourth-order valence-electron chi connectivity index (χ4n) is 4.22. The van der Waals surface area contributed by atoms with Gasteiger partial charge in [0, 0.05) is 19.4 Å². The average Bonchev–Trinajstić information content (AvgIpc) is 3.05. The zero-order chi connectivity index (χ0) is 14.0. The summed E-state index contributed by atoms with van der Waals surface area (Å²) in [6, 6.07) is 0. The van der Waals surface area contributed by atoms with E-state index >= 15 is 0 Å². The lowest BCUT2D eigenvalue weighted by Gasteiger charge is -2.37. The monoisotopic (exact) mass is 278 g/mol. The Hall–Kier alpha value is -0.900. The molecule has 1 aliphatic carbocycles. The Morgan fingerprint density at radius 3 is 2.05 bits per heavy atom. The second-order valence-corrected chi connectivity index (χ2v) is 6.90. The van der Waals surface area contributed by atoms with E-state index in [1.54, 1.807) is 4.90 Å². The fourth-order valence-corrected chi connectivity index (χ4v) is 4.22. The van der Waals surface area contributed by atoms with E-state index in [0.29, 0.717) is 19.4 Å². The summed E-state index contributed by atoms with van der Waals surface area (Å²) in [5.41, 5.74) is 0.0413. The zero-order valence-corrected chi connectivity index (χ0v) is 12.4. The molecule has 1 spiro atoms. The van der Waals surface area contributed by atoms with Gasteiger partial charge in [-0.25, -0.2) is 0 Å². The summed E-state index contributed by atoms with van der Waals surface area (Å²) >= 11 is 0. The van der Waals surface area contributed by atoms with Crippen LogP contribution in [0.1, 0.15) is 57.8 Å². The Balaban J connectivity index is 1.49. The molecule has 0 aromatic carbocycles. The summed E-state index contributed by atoms with van der Waals surface area (Å²) in [5, 5.41) is 0. The summed E-state index contributed by atoms with van der Waals surface area (Å²) in [6.45, 7) is 4.03. The smallest absolute Gasteiger partial charge is 0.229 e. The van der Waals surface area contributed by atoms with Crippen LogP contribution in [0.25, 0.3) is 0 Å². The average molecular weight is 278 g/mol. The van der Waals surface area contributed by atoms with Crippen LogP contribution in [0.15, 0.2) is 0 Å². The highest BCUT2D eigenvalue weighted by atomic mass is 16.2. The number of hydrogen-bond acceptors (Lipinski definition) is 3. The van der Waals surface area contributed by atoms with Crippen molar-refractivity contribution in [3.63, 3.8) is 0 Å². The highest BCUT2D eigenvalue weighted by Crippen LogP contribution is 2.46. The lowest BCUT2D eigenvalue weighted by molar-refractivity contribution is -0.153. The number of likely N-dealkylation sites (tertiary alicyclic amines) is 2. The van der Waals surface area contributed by atoms with Gasteiger partial charge in [-0.2, -0.15) is 0 Å². The van der Waals surface area contributed by atoms with E-state index in [1.165, 1.54) is 38.8 Å². The number of piperidine rings is 1. The number of carbonyl (C=O) groups excluding carboxylic acids is 2. The maximum atomic E-state index is 12.3. The maximum Gasteiger partial charge on any atom is 0.229 e.